The number of H-pyrrole nitrogens is 1. The molecule has 8 heteroatoms. The lowest BCUT2D eigenvalue weighted by Gasteiger charge is -2.10. The van der Waals surface area contributed by atoms with Crippen LogP contribution in [0.5, 0.6) is 17.2 Å². The van der Waals surface area contributed by atoms with Gasteiger partial charge in [-0.15, -0.1) is 0 Å². The number of esters is 1. The van der Waals surface area contributed by atoms with E-state index in [1.165, 1.54) is 32.4 Å². The summed E-state index contributed by atoms with van der Waals surface area (Å²) in [7, 11) is 2.69. The van der Waals surface area contributed by atoms with Gasteiger partial charge in [0.25, 0.3) is 5.56 Å². The smallest absolute Gasteiger partial charge is 0.343 e. The number of aromatic hydroxyl groups is 1. The number of allylic oxidation sites excluding steroid dienone is 1. The lowest BCUT2D eigenvalue weighted by atomic mass is 10.1. The van der Waals surface area contributed by atoms with Gasteiger partial charge >= 0.3 is 5.97 Å². The number of pyridine rings is 1. The largest absolute Gasteiger partial charge is 0.507 e. The van der Waals surface area contributed by atoms with Crippen molar-refractivity contribution >= 4 is 17.8 Å². The highest BCUT2D eigenvalue weighted by molar-refractivity contribution is 6.08. The Labute approximate surface area is 155 Å². The van der Waals surface area contributed by atoms with Crippen molar-refractivity contribution in [2.75, 3.05) is 20.8 Å². The van der Waals surface area contributed by atoms with Gasteiger partial charge in [0.1, 0.15) is 11.3 Å². The maximum atomic E-state index is 12.2. The first kappa shape index (κ1) is 19.8. The van der Waals surface area contributed by atoms with Crippen molar-refractivity contribution in [2.24, 2.45) is 0 Å². The summed E-state index contributed by atoms with van der Waals surface area (Å²) in [5.74, 6) is -0.868. The van der Waals surface area contributed by atoms with Crippen LogP contribution < -0.4 is 15.0 Å². The number of aromatic amines is 1. The summed E-state index contributed by atoms with van der Waals surface area (Å²) in [6, 6.07) is 6.11. The van der Waals surface area contributed by atoms with Gasteiger partial charge in [0.05, 0.1) is 14.2 Å². The van der Waals surface area contributed by atoms with Gasteiger partial charge in [-0.1, -0.05) is 12.1 Å². The molecule has 142 valence electrons. The van der Waals surface area contributed by atoms with Crippen LogP contribution in [0.4, 0.5) is 0 Å². The van der Waals surface area contributed by atoms with E-state index in [1.807, 2.05) is 0 Å². The summed E-state index contributed by atoms with van der Waals surface area (Å²) in [5, 5.41) is 9.83. The molecular formula is C19H19NO7. The Hall–Kier alpha value is -3.55. The van der Waals surface area contributed by atoms with Gasteiger partial charge in [0.15, 0.2) is 23.9 Å². The second-order valence-corrected chi connectivity index (χ2v) is 5.51. The molecule has 0 radical (unpaired) electrons. The van der Waals surface area contributed by atoms with Crippen molar-refractivity contribution in [3.05, 3.63) is 57.5 Å². The van der Waals surface area contributed by atoms with Crippen LogP contribution in [0.1, 0.15) is 21.6 Å². The summed E-state index contributed by atoms with van der Waals surface area (Å²) in [5.41, 5.74) is 0.0482. The normalized spacial score (nSPS) is 10.6. The highest BCUT2D eigenvalue weighted by atomic mass is 16.6. The van der Waals surface area contributed by atoms with E-state index in [0.717, 1.165) is 0 Å². The molecule has 0 aliphatic carbocycles. The zero-order valence-electron chi connectivity index (χ0n) is 15.1. The first-order valence-electron chi connectivity index (χ1n) is 7.88. The minimum atomic E-state index is -0.661. The lowest BCUT2D eigenvalue weighted by Crippen LogP contribution is -2.17. The van der Waals surface area contributed by atoms with Crippen LogP contribution in [-0.4, -0.2) is 42.7 Å². The number of hydrogen-bond donors (Lipinski definition) is 2. The van der Waals surface area contributed by atoms with Crippen molar-refractivity contribution in [1.29, 1.82) is 0 Å². The fraction of sp³-hybridized carbons (Fsp3) is 0.211. The molecule has 2 rings (SSSR count). The van der Waals surface area contributed by atoms with Gasteiger partial charge in [0.2, 0.25) is 0 Å². The highest BCUT2D eigenvalue weighted by Gasteiger charge is 2.14. The molecule has 1 aromatic heterocycles. The van der Waals surface area contributed by atoms with Crippen molar-refractivity contribution in [3.8, 4) is 17.2 Å². The third-order valence-corrected chi connectivity index (χ3v) is 3.58. The van der Waals surface area contributed by atoms with E-state index in [4.69, 9.17) is 9.47 Å². The standard InChI is InChI=1S/C19H19NO7/c1-11-8-14(22)18(19(24)20-11)13(21)6-4-12-5-7-15(16(9-12)25-2)27-10-17(23)26-3/h4-9H,10H2,1-3H3,(H2,20,22,24)/b6-4+. The van der Waals surface area contributed by atoms with Crippen LogP contribution in [0.2, 0.25) is 0 Å². The second-order valence-electron chi connectivity index (χ2n) is 5.51. The summed E-state index contributed by atoms with van der Waals surface area (Å²) in [6.45, 7) is 1.33. The molecule has 0 bridgehead atoms. The van der Waals surface area contributed by atoms with Crippen LogP contribution >= 0.6 is 0 Å². The summed E-state index contributed by atoms with van der Waals surface area (Å²) in [6.07, 6.45) is 2.64. The predicted molar refractivity (Wildman–Crippen MR) is 97.3 cm³/mol. The first-order chi connectivity index (χ1) is 12.8. The average Bonchev–Trinajstić information content (AvgIpc) is 2.63. The zero-order valence-corrected chi connectivity index (χ0v) is 15.1. The van der Waals surface area contributed by atoms with E-state index >= 15 is 0 Å². The Kier molecular flexibility index (Phi) is 6.37. The number of rotatable bonds is 7. The van der Waals surface area contributed by atoms with Gasteiger partial charge < -0.3 is 24.3 Å². The van der Waals surface area contributed by atoms with Crippen LogP contribution in [-0.2, 0) is 9.53 Å². The number of aromatic nitrogens is 1. The number of ether oxygens (including phenoxy) is 3. The molecule has 27 heavy (non-hydrogen) atoms. The molecule has 0 unspecified atom stereocenters. The average molecular weight is 373 g/mol. The Morgan fingerprint density at radius 3 is 2.56 bits per heavy atom. The summed E-state index contributed by atoms with van der Waals surface area (Å²) in [4.78, 5) is 37.7. The maximum absolute atomic E-state index is 12.2. The predicted octanol–water partition coefficient (Wildman–Crippen LogP) is 1.85. The lowest BCUT2D eigenvalue weighted by molar-refractivity contribution is -0.142. The molecule has 0 saturated carbocycles. The molecule has 0 aliphatic heterocycles. The third-order valence-electron chi connectivity index (χ3n) is 3.58. The molecule has 2 aromatic rings. The summed E-state index contributed by atoms with van der Waals surface area (Å²) >= 11 is 0. The van der Waals surface area contributed by atoms with Crippen molar-refractivity contribution in [2.45, 2.75) is 6.92 Å². The number of carbonyl (C=O) groups is 2. The van der Waals surface area contributed by atoms with Crippen LogP contribution in [0.25, 0.3) is 6.08 Å². The van der Waals surface area contributed by atoms with E-state index < -0.39 is 17.3 Å². The number of hydrogen-bond acceptors (Lipinski definition) is 7. The van der Waals surface area contributed by atoms with Crippen LogP contribution in [0.3, 0.4) is 0 Å². The van der Waals surface area contributed by atoms with Crippen molar-refractivity contribution in [3.63, 3.8) is 0 Å². The molecule has 1 aromatic carbocycles. The minimum Gasteiger partial charge on any atom is -0.507 e. The van der Waals surface area contributed by atoms with Gasteiger partial charge in [0, 0.05) is 5.69 Å². The molecule has 0 fully saturated rings. The maximum Gasteiger partial charge on any atom is 0.343 e. The number of ketones is 1. The molecule has 0 aliphatic rings. The van der Waals surface area contributed by atoms with Gasteiger partial charge in [-0.2, -0.15) is 0 Å². The van der Waals surface area contributed by atoms with E-state index in [0.29, 0.717) is 22.8 Å². The first-order valence-corrected chi connectivity index (χ1v) is 7.88. The molecule has 1 heterocycles. The SMILES string of the molecule is COC(=O)COc1ccc(/C=C/C(=O)c2c(O)cc(C)[nH]c2=O)cc1OC. The highest BCUT2D eigenvalue weighted by Crippen LogP contribution is 2.28. The number of benzene rings is 1. The molecule has 2 N–H and O–H groups in total. The third kappa shape index (κ3) is 4.97. The Balaban J connectivity index is 2.21. The quantitative estimate of drug-likeness (QED) is 0.432. The molecule has 0 amide bonds. The zero-order chi connectivity index (χ0) is 20.0. The number of aryl methyl sites for hydroxylation is 1. The van der Waals surface area contributed by atoms with E-state index in [1.54, 1.807) is 25.1 Å². The van der Waals surface area contributed by atoms with E-state index in [9.17, 15) is 19.5 Å². The fourth-order valence-electron chi connectivity index (χ4n) is 2.27. The molecular weight excluding hydrogens is 354 g/mol. The topological polar surface area (TPSA) is 115 Å². The van der Waals surface area contributed by atoms with Crippen molar-refractivity contribution < 1.29 is 28.9 Å². The van der Waals surface area contributed by atoms with Crippen molar-refractivity contribution in [1.82, 2.24) is 4.98 Å². The molecule has 8 nitrogen and oxygen atoms in total. The Morgan fingerprint density at radius 2 is 1.93 bits per heavy atom. The van der Waals surface area contributed by atoms with Gasteiger partial charge in [-0.3, -0.25) is 9.59 Å². The van der Waals surface area contributed by atoms with E-state index in [2.05, 4.69) is 9.72 Å². The van der Waals surface area contributed by atoms with Gasteiger partial charge in [-0.05, 0) is 36.8 Å². The van der Waals surface area contributed by atoms with Gasteiger partial charge in [-0.25, -0.2) is 4.79 Å². The second kappa shape index (κ2) is 8.70. The minimum absolute atomic E-state index is 0.268. The fourth-order valence-corrected chi connectivity index (χ4v) is 2.27. The Bertz CT molecular complexity index is 944. The monoisotopic (exact) mass is 373 g/mol. The molecule has 0 atom stereocenters. The number of nitrogens with one attached hydrogen (secondary N) is 1. The molecule has 0 spiro atoms. The van der Waals surface area contributed by atoms with Crippen LogP contribution in [0.15, 0.2) is 35.1 Å². The molecule has 0 saturated heterocycles. The van der Waals surface area contributed by atoms with E-state index in [-0.39, 0.29) is 17.9 Å². The number of methoxy groups -OCH3 is 2. The Morgan fingerprint density at radius 1 is 1.19 bits per heavy atom. The number of carbonyl (C=O) groups excluding carboxylic acids is 2. The van der Waals surface area contributed by atoms with Crippen LogP contribution in [0, 0.1) is 6.92 Å². The summed E-state index contributed by atoms with van der Waals surface area (Å²) < 4.78 is 15.0.